The summed E-state index contributed by atoms with van der Waals surface area (Å²) in [6.45, 7) is 1.97. The van der Waals surface area contributed by atoms with E-state index in [4.69, 9.17) is 15.2 Å². The minimum absolute atomic E-state index is 0.0519. The van der Waals surface area contributed by atoms with E-state index in [1.165, 1.54) is 18.6 Å². The molecule has 2 aromatic rings. The van der Waals surface area contributed by atoms with E-state index < -0.39 is 17.6 Å². The Balaban J connectivity index is 1.65. The van der Waals surface area contributed by atoms with Crippen LogP contribution in [0.3, 0.4) is 0 Å². The number of pyridine rings is 1. The third kappa shape index (κ3) is 5.64. The molecule has 0 saturated heterocycles. The summed E-state index contributed by atoms with van der Waals surface area (Å²) >= 11 is 0. The molecule has 0 radical (unpaired) electrons. The molecule has 9 heteroatoms. The molecule has 30 heavy (non-hydrogen) atoms. The van der Waals surface area contributed by atoms with E-state index >= 15 is 0 Å². The van der Waals surface area contributed by atoms with Gasteiger partial charge in [0.1, 0.15) is 12.4 Å². The first-order chi connectivity index (χ1) is 14.4. The zero-order valence-electron chi connectivity index (χ0n) is 17.0. The Morgan fingerprint density at radius 2 is 1.93 bits per heavy atom. The summed E-state index contributed by atoms with van der Waals surface area (Å²) in [5.74, 6) is -0.134. The second kappa shape index (κ2) is 9.82. The third-order valence-electron chi connectivity index (χ3n) is 5.42. The molecule has 2 aromatic heterocycles. The van der Waals surface area contributed by atoms with Gasteiger partial charge >= 0.3 is 12.0 Å². The summed E-state index contributed by atoms with van der Waals surface area (Å²) in [6, 6.07) is 3.83. The average Bonchev–Trinajstić information content (AvgIpc) is 2.74. The van der Waals surface area contributed by atoms with Crippen LogP contribution >= 0.6 is 0 Å². The molecule has 0 spiro atoms. The van der Waals surface area contributed by atoms with Crippen LogP contribution in [0.25, 0.3) is 0 Å². The molecule has 0 unspecified atom stereocenters. The molecule has 2 atom stereocenters. The van der Waals surface area contributed by atoms with Crippen molar-refractivity contribution in [3.8, 4) is 11.8 Å². The van der Waals surface area contributed by atoms with Gasteiger partial charge in [-0.05, 0) is 43.7 Å². The van der Waals surface area contributed by atoms with Crippen molar-refractivity contribution in [2.75, 3.05) is 6.61 Å². The lowest BCUT2D eigenvalue weighted by atomic mass is 9.89. The molecule has 0 bridgehead atoms. The lowest BCUT2D eigenvalue weighted by molar-refractivity contribution is -0.161. The largest absolute Gasteiger partial charge is 0.490 e. The molecule has 9 nitrogen and oxygen atoms in total. The van der Waals surface area contributed by atoms with Crippen molar-refractivity contribution in [1.82, 2.24) is 15.0 Å². The SMILES string of the molecule is CC1CCC(Oc2ccnc(C[C@](O)(C(=O)O)[C@@H](N)COc3ncccn3)c2)CC1. The summed E-state index contributed by atoms with van der Waals surface area (Å²) < 4.78 is 11.4. The topological polar surface area (TPSA) is 141 Å². The van der Waals surface area contributed by atoms with Crippen LogP contribution in [-0.4, -0.2) is 55.5 Å². The van der Waals surface area contributed by atoms with Gasteiger partial charge in [-0.3, -0.25) is 4.98 Å². The quantitative estimate of drug-likeness (QED) is 0.555. The number of nitrogens with two attached hydrogens (primary N) is 1. The van der Waals surface area contributed by atoms with E-state index in [1.807, 2.05) is 0 Å². The molecule has 4 N–H and O–H groups in total. The van der Waals surface area contributed by atoms with Crippen molar-refractivity contribution in [3.05, 3.63) is 42.5 Å². The van der Waals surface area contributed by atoms with Crippen LogP contribution in [0.2, 0.25) is 0 Å². The van der Waals surface area contributed by atoms with Crippen LogP contribution in [-0.2, 0) is 11.2 Å². The number of nitrogens with zero attached hydrogens (tertiary/aromatic N) is 3. The molecule has 162 valence electrons. The van der Waals surface area contributed by atoms with Gasteiger partial charge in [0.05, 0.1) is 12.1 Å². The first kappa shape index (κ1) is 21.9. The molecule has 3 rings (SSSR count). The van der Waals surface area contributed by atoms with Gasteiger partial charge in [-0.15, -0.1) is 0 Å². The number of hydrogen-bond acceptors (Lipinski definition) is 8. The average molecular weight is 416 g/mol. The Morgan fingerprint density at radius 1 is 1.23 bits per heavy atom. The number of carboxylic acid groups (broad SMARTS) is 1. The summed E-state index contributed by atoms with van der Waals surface area (Å²) in [5, 5.41) is 20.4. The normalized spacial score (nSPS) is 22.0. The minimum atomic E-state index is -2.28. The van der Waals surface area contributed by atoms with Crippen LogP contribution in [0, 0.1) is 5.92 Å². The fraction of sp³-hybridized carbons (Fsp3) is 0.524. The van der Waals surface area contributed by atoms with Gasteiger partial charge in [-0.2, -0.15) is 0 Å². The smallest absolute Gasteiger partial charge is 0.337 e. The molecule has 0 amide bonds. The number of rotatable bonds is 9. The highest BCUT2D eigenvalue weighted by atomic mass is 16.5. The number of carbonyl (C=O) groups is 1. The van der Waals surface area contributed by atoms with Gasteiger partial charge in [0.25, 0.3) is 0 Å². The Labute approximate surface area is 175 Å². The second-order valence-corrected chi connectivity index (χ2v) is 7.84. The Hall–Kier alpha value is -2.78. The second-order valence-electron chi connectivity index (χ2n) is 7.84. The number of aliphatic hydroxyl groups is 1. The van der Waals surface area contributed by atoms with Gasteiger partial charge in [-0.25, -0.2) is 14.8 Å². The number of hydrogen-bond donors (Lipinski definition) is 3. The number of aliphatic carboxylic acids is 1. The lowest BCUT2D eigenvalue weighted by Gasteiger charge is -2.29. The van der Waals surface area contributed by atoms with Crippen molar-refractivity contribution in [2.24, 2.45) is 11.7 Å². The van der Waals surface area contributed by atoms with Gasteiger partial charge in [-0.1, -0.05) is 6.92 Å². The van der Waals surface area contributed by atoms with Crippen LogP contribution in [0.15, 0.2) is 36.8 Å². The monoisotopic (exact) mass is 416 g/mol. The summed E-state index contributed by atoms with van der Waals surface area (Å²) in [6.07, 6.45) is 8.58. The molecule has 2 heterocycles. The summed E-state index contributed by atoms with van der Waals surface area (Å²) in [5.41, 5.74) is 4.07. The molecule has 1 saturated carbocycles. The Kier molecular flexibility index (Phi) is 7.17. The maximum atomic E-state index is 11.8. The molecular weight excluding hydrogens is 388 g/mol. The zero-order chi connectivity index (χ0) is 21.6. The first-order valence-corrected chi connectivity index (χ1v) is 10.1. The highest BCUT2D eigenvalue weighted by Crippen LogP contribution is 2.28. The van der Waals surface area contributed by atoms with E-state index in [1.54, 1.807) is 18.2 Å². The van der Waals surface area contributed by atoms with Crippen molar-refractivity contribution < 1.29 is 24.5 Å². The predicted molar refractivity (Wildman–Crippen MR) is 108 cm³/mol. The maximum absolute atomic E-state index is 11.8. The van der Waals surface area contributed by atoms with Gasteiger partial charge in [0.15, 0.2) is 5.60 Å². The third-order valence-corrected chi connectivity index (χ3v) is 5.42. The zero-order valence-corrected chi connectivity index (χ0v) is 17.0. The molecule has 0 aliphatic heterocycles. The Bertz CT molecular complexity index is 829. The molecule has 1 aliphatic rings. The van der Waals surface area contributed by atoms with Gasteiger partial charge in [0.2, 0.25) is 0 Å². The summed E-state index contributed by atoms with van der Waals surface area (Å²) in [7, 11) is 0. The molecule has 1 aliphatic carbocycles. The van der Waals surface area contributed by atoms with Crippen molar-refractivity contribution in [2.45, 2.75) is 56.8 Å². The molecule has 0 aromatic carbocycles. The fourth-order valence-electron chi connectivity index (χ4n) is 3.47. The van der Waals surface area contributed by atoms with Crippen molar-refractivity contribution >= 4 is 5.97 Å². The van der Waals surface area contributed by atoms with E-state index in [0.29, 0.717) is 17.4 Å². The number of carboxylic acids is 1. The van der Waals surface area contributed by atoms with E-state index in [-0.39, 0.29) is 25.1 Å². The highest BCUT2D eigenvalue weighted by molar-refractivity contribution is 5.78. The van der Waals surface area contributed by atoms with Crippen molar-refractivity contribution in [1.29, 1.82) is 0 Å². The highest BCUT2D eigenvalue weighted by Gasteiger charge is 2.43. The van der Waals surface area contributed by atoms with E-state index in [0.717, 1.165) is 25.7 Å². The Morgan fingerprint density at radius 3 is 2.60 bits per heavy atom. The van der Waals surface area contributed by atoms with E-state index in [9.17, 15) is 15.0 Å². The van der Waals surface area contributed by atoms with Crippen LogP contribution in [0.4, 0.5) is 0 Å². The molecule has 1 fully saturated rings. The predicted octanol–water partition coefficient (Wildman–Crippen LogP) is 1.59. The van der Waals surface area contributed by atoms with Gasteiger partial charge < -0.3 is 25.4 Å². The maximum Gasteiger partial charge on any atom is 0.337 e. The van der Waals surface area contributed by atoms with Crippen molar-refractivity contribution in [3.63, 3.8) is 0 Å². The molecular formula is C21H28N4O5. The lowest BCUT2D eigenvalue weighted by Crippen LogP contribution is -2.58. The van der Waals surface area contributed by atoms with Crippen LogP contribution < -0.4 is 15.2 Å². The number of ether oxygens (including phenoxy) is 2. The van der Waals surface area contributed by atoms with Crippen LogP contribution in [0.1, 0.15) is 38.3 Å². The minimum Gasteiger partial charge on any atom is -0.490 e. The summed E-state index contributed by atoms with van der Waals surface area (Å²) in [4.78, 5) is 23.8. The van der Waals surface area contributed by atoms with Gasteiger partial charge in [0, 0.05) is 36.8 Å². The number of aromatic nitrogens is 3. The fourth-order valence-corrected chi connectivity index (χ4v) is 3.47. The standard InChI is InChI=1S/C21H28N4O5/c1-14-3-5-16(6-4-14)30-17-7-10-23-15(11-17)12-21(28,19(26)27)18(22)13-29-20-24-8-2-9-25-20/h2,7-11,14,16,18,28H,3-6,12-13,22H2,1H3,(H,26,27)/t14?,16?,18-,21+/m0/s1. The first-order valence-electron chi connectivity index (χ1n) is 10.1. The van der Waals surface area contributed by atoms with Crippen LogP contribution in [0.5, 0.6) is 11.8 Å². The van der Waals surface area contributed by atoms with E-state index in [2.05, 4.69) is 21.9 Å².